The van der Waals surface area contributed by atoms with Gasteiger partial charge in [0.25, 0.3) is 0 Å². The maximum atomic E-state index is 10.6. The smallest absolute Gasteiger partial charge is 0.143 e. The number of rotatable bonds is 7. The first-order chi connectivity index (χ1) is 13.2. The predicted octanol–water partition coefficient (Wildman–Crippen LogP) is 4.14. The average Bonchev–Trinajstić information content (AvgIpc) is 3.49. The summed E-state index contributed by atoms with van der Waals surface area (Å²) in [4.78, 5) is 0. The van der Waals surface area contributed by atoms with Gasteiger partial charge in [-0.3, -0.25) is 0 Å². The van der Waals surface area contributed by atoms with E-state index in [9.17, 15) is 5.11 Å². The van der Waals surface area contributed by atoms with Crippen LogP contribution in [0, 0.1) is 0 Å². The number of hydrogen-bond donors (Lipinski definition) is 1. The van der Waals surface area contributed by atoms with Crippen molar-refractivity contribution in [2.24, 2.45) is 0 Å². The Labute approximate surface area is 160 Å². The second kappa shape index (κ2) is 7.28. The highest BCUT2D eigenvalue weighted by atomic mass is 16.6. The fourth-order valence-corrected chi connectivity index (χ4v) is 3.46. The van der Waals surface area contributed by atoms with Crippen molar-refractivity contribution >= 4 is 0 Å². The van der Waals surface area contributed by atoms with Gasteiger partial charge in [-0.1, -0.05) is 91.0 Å². The molecular formula is C24H24O3. The molecule has 1 aliphatic heterocycles. The van der Waals surface area contributed by atoms with Crippen LogP contribution in [0.15, 0.2) is 91.0 Å². The van der Waals surface area contributed by atoms with Crippen LogP contribution in [0.1, 0.15) is 23.6 Å². The maximum absolute atomic E-state index is 10.6. The molecule has 138 valence electrons. The van der Waals surface area contributed by atoms with E-state index in [0.29, 0.717) is 6.61 Å². The van der Waals surface area contributed by atoms with E-state index in [1.165, 1.54) is 0 Å². The van der Waals surface area contributed by atoms with Crippen molar-refractivity contribution in [3.63, 3.8) is 0 Å². The molecule has 27 heavy (non-hydrogen) atoms. The van der Waals surface area contributed by atoms with E-state index < -0.39 is 17.3 Å². The number of epoxide rings is 1. The van der Waals surface area contributed by atoms with Gasteiger partial charge >= 0.3 is 0 Å². The van der Waals surface area contributed by atoms with Crippen LogP contribution in [-0.2, 0) is 15.1 Å². The van der Waals surface area contributed by atoms with Gasteiger partial charge in [0.2, 0.25) is 0 Å². The van der Waals surface area contributed by atoms with Gasteiger partial charge in [0.05, 0.1) is 13.2 Å². The van der Waals surface area contributed by atoms with Crippen LogP contribution in [0.4, 0.5) is 0 Å². The van der Waals surface area contributed by atoms with Crippen molar-refractivity contribution < 1.29 is 14.6 Å². The highest BCUT2D eigenvalue weighted by molar-refractivity contribution is 5.47. The van der Waals surface area contributed by atoms with Gasteiger partial charge in [-0.15, -0.1) is 0 Å². The summed E-state index contributed by atoms with van der Waals surface area (Å²) in [5, 5.41) is 10.6. The number of hydrogen-bond acceptors (Lipinski definition) is 3. The fourth-order valence-electron chi connectivity index (χ4n) is 3.46. The van der Waals surface area contributed by atoms with Crippen molar-refractivity contribution in [3.05, 3.63) is 108 Å². The minimum Gasteiger partial charge on any atom is -0.388 e. The SMILES string of the molecule is C[C@]1([C@H](O)COC(c2ccccc2)(c2ccccc2)c2ccccc2)CO1. The van der Waals surface area contributed by atoms with Gasteiger partial charge in [-0.05, 0) is 23.6 Å². The second-order valence-corrected chi connectivity index (χ2v) is 7.21. The summed E-state index contributed by atoms with van der Waals surface area (Å²) < 4.78 is 12.0. The zero-order chi connectivity index (χ0) is 18.7. The van der Waals surface area contributed by atoms with E-state index in [4.69, 9.17) is 9.47 Å². The van der Waals surface area contributed by atoms with Crippen molar-refractivity contribution in [1.82, 2.24) is 0 Å². The largest absolute Gasteiger partial charge is 0.388 e. The molecule has 0 spiro atoms. The molecule has 1 aliphatic rings. The van der Waals surface area contributed by atoms with E-state index in [1.54, 1.807) is 0 Å². The van der Waals surface area contributed by atoms with Crippen molar-refractivity contribution in [1.29, 1.82) is 0 Å². The first kappa shape index (κ1) is 17.9. The third-order valence-corrected chi connectivity index (χ3v) is 5.30. The van der Waals surface area contributed by atoms with Crippen LogP contribution in [0.3, 0.4) is 0 Å². The molecule has 0 radical (unpaired) electrons. The van der Waals surface area contributed by atoms with E-state index in [2.05, 4.69) is 36.4 Å². The topological polar surface area (TPSA) is 42.0 Å². The zero-order valence-corrected chi connectivity index (χ0v) is 15.4. The first-order valence-corrected chi connectivity index (χ1v) is 9.28. The normalized spacial score (nSPS) is 20.2. The Morgan fingerprint density at radius 1 is 0.852 bits per heavy atom. The van der Waals surface area contributed by atoms with Gasteiger partial charge in [-0.2, -0.15) is 0 Å². The van der Waals surface area contributed by atoms with Gasteiger partial charge in [-0.25, -0.2) is 0 Å². The summed E-state index contributed by atoms with van der Waals surface area (Å²) in [6.07, 6.45) is -0.687. The molecule has 1 N–H and O–H groups in total. The molecule has 0 aliphatic carbocycles. The van der Waals surface area contributed by atoms with Crippen LogP contribution in [-0.4, -0.2) is 30.0 Å². The molecular weight excluding hydrogens is 336 g/mol. The van der Waals surface area contributed by atoms with Gasteiger partial charge in [0.1, 0.15) is 17.3 Å². The minimum atomic E-state index is -0.810. The minimum absolute atomic E-state index is 0.176. The highest BCUT2D eigenvalue weighted by Gasteiger charge is 2.48. The molecule has 4 rings (SSSR count). The average molecular weight is 360 g/mol. The number of ether oxygens (including phenoxy) is 2. The Kier molecular flexibility index (Phi) is 4.83. The molecule has 1 fully saturated rings. The molecule has 1 heterocycles. The molecule has 3 aromatic rings. The first-order valence-electron chi connectivity index (χ1n) is 9.28. The molecule has 1 saturated heterocycles. The van der Waals surface area contributed by atoms with Gasteiger partial charge in [0.15, 0.2) is 0 Å². The Bertz CT molecular complexity index is 761. The Morgan fingerprint density at radius 2 is 1.22 bits per heavy atom. The molecule has 0 unspecified atom stereocenters. The predicted molar refractivity (Wildman–Crippen MR) is 106 cm³/mol. The molecule has 0 amide bonds. The fraction of sp³-hybridized carbons (Fsp3) is 0.250. The molecule has 2 atom stereocenters. The summed E-state index contributed by atoms with van der Waals surface area (Å²) in [5.41, 5.74) is 1.76. The molecule has 0 saturated carbocycles. The van der Waals surface area contributed by atoms with Crippen LogP contribution in [0.5, 0.6) is 0 Å². The lowest BCUT2D eigenvalue weighted by atomic mass is 9.80. The van der Waals surface area contributed by atoms with Gasteiger partial charge in [0, 0.05) is 0 Å². The van der Waals surface area contributed by atoms with Crippen LogP contribution < -0.4 is 0 Å². The summed E-state index contributed by atoms with van der Waals surface area (Å²) in [5.74, 6) is 0. The zero-order valence-electron chi connectivity index (χ0n) is 15.4. The van der Waals surface area contributed by atoms with Crippen LogP contribution in [0.25, 0.3) is 0 Å². The molecule has 3 heteroatoms. The molecule has 0 bridgehead atoms. The van der Waals surface area contributed by atoms with Crippen molar-refractivity contribution in [2.75, 3.05) is 13.2 Å². The lowest BCUT2D eigenvalue weighted by Crippen LogP contribution is -2.39. The summed E-state index contributed by atoms with van der Waals surface area (Å²) in [7, 11) is 0. The van der Waals surface area contributed by atoms with Crippen LogP contribution in [0.2, 0.25) is 0 Å². The summed E-state index contributed by atoms with van der Waals surface area (Å²) >= 11 is 0. The second-order valence-electron chi connectivity index (χ2n) is 7.21. The quantitative estimate of drug-likeness (QED) is 0.508. The van der Waals surface area contributed by atoms with E-state index >= 15 is 0 Å². The van der Waals surface area contributed by atoms with E-state index in [0.717, 1.165) is 16.7 Å². The summed E-state index contributed by atoms with van der Waals surface area (Å²) in [6, 6.07) is 30.5. The monoisotopic (exact) mass is 360 g/mol. The van der Waals surface area contributed by atoms with Crippen molar-refractivity contribution in [2.45, 2.75) is 24.2 Å². The van der Waals surface area contributed by atoms with E-state index in [-0.39, 0.29) is 6.61 Å². The number of aliphatic hydroxyl groups is 1. The molecule has 3 nitrogen and oxygen atoms in total. The maximum Gasteiger partial charge on any atom is 0.143 e. The number of aliphatic hydroxyl groups excluding tert-OH is 1. The molecule has 0 aromatic heterocycles. The standard InChI is InChI=1S/C24H24O3/c1-23(18-27-23)22(25)17-26-24(19-11-5-2-6-12-19,20-13-7-3-8-14-20)21-15-9-4-10-16-21/h2-16,22,25H,17-18H2,1H3/t22-,23-/m1/s1. The Balaban J connectivity index is 1.84. The third kappa shape index (κ3) is 3.42. The molecule has 3 aromatic carbocycles. The van der Waals surface area contributed by atoms with E-state index in [1.807, 2.05) is 61.5 Å². The summed E-state index contributed by atoms with van der Waals surface area (Å²) in [6.45, 7) is 2.65. The van der Waals surface area contributed by atoms with Gasteiger partial charge < -0.3 is 14.6 Å². The lowest BCUT2D eigenvalue weighted by molar-refractivity contribution is -0.0591. The third-order valence-electron chi connectivity index (χ3n) is 5.30. The number of benzene rings is 3. The van der Waals surface area contributed by atoms with Crippen molar-refractivity contribution in [3.8, 4) is 0 Å². The van der Waals surface area contributed by atoms with Crippen LogP contribution >= 0.6 is 0 Å². The Hall–Kier alpha value is -2.46. The lowest BCUT2D eigenvalue weighted by Gasteiger charge is -2.37. The highest BCUT2D eigenvalue weighted by Crippen LogP contribution is 2.41. The Morgan fingerprint density at radius 3 is 1.56 bits per heavy atom.